The van der Waals surface area contributed by atoms with Crippen molar-refractivity contribution in [2.45, 2.75) is 19.5 Å². The molecular weight excluding hydrogens is 275 g/mol. The normalized spacial score (nSPS) is 11.7. The minimum Gasteiger partial charge on any atom is -0.467 e. The standard InChI is InChI=1S/C15H15FN2O3/c1-10(14(19)17-9-11-5-4-8-21-11)18-15(20)12-6-2-3-7-13(12)16/h2-8,10H,9H2,1H3,(H,17,19)(H,18,20)/t10-/m0/s1. The first-order valence-corrected chi connectivity index (χ1v) is 6.43. The van der Waals surface area contributed by atoms with Crippen LogP contribution in [0.4, 0.5) is 4.39 Å². The van der Waals surface area contributed by atoms with Crippen molar-refractivity contribution in [1.29, 1.82) is 0 Å². The van der Waals surface area contributed by atoms with Crippen LogP contribution in [0.3, 0.4) is 0 Å². The van der Waals surface area contributed by atoms with Crippen molar-refractivity contribution in [3.63, 3.8) is 0 Å². The Hall–Kier alpha value is -2.63. The molecule has 6 heteroatoms. The Balaban J connectivity index is 1.88. The highest BCUT2D eigenvalue weighted by atomic mass is 19.1. The molecule has 21 heavy (non-hydrogen) atoms. The second-order valence-corrected chi connectivity index (χ2v) is 4.47. The van der Waals surface area contributed by atoms with Crippen molar-refractivity contribution in [3.8, 4) is 0 Å². The van der Waals surface area contributed by atoms with E-state index in [0.717, 1.165) is 0 Å². The van der Waals surface area contributed by atoms with E-state index in [-0.39, 0.29) is 18.0 Å². The van der Waals surface area contributed by atoms with Crippen LogP contribution in [-0.2, 0) is 11.3 Å². The lowest BCUT2D eigenvalue weighted by atomic mass is 10.2. The molecule has 0 spiro atoms. The van der Waals surface area contributed by atoms with Crippen molar-refractivity contribution in [2.24, 2.45) is 0 Å². The van der Waals surface area contributed by atoms with Gasteiger partial charge in [-0.15, -0.1) is 0 Å². The molecule has 1 heterocycles. The van der Waals surface area contributed by atoms with Gasteiger partial charge in [0.15, 0.2) is 0 Å². The number of carbonyl (C=O) groups excluding carboxylic acids is 2. The fourth-order valence-electron chi connectivity index (χ4n) is 1.73. The van der Waals surface area contributed by atoms with E-state index in [9.17, 15) is 14.0 Å². The lowest BCUT2D eigenvalue weighted by Gasteiger charge is -2.13. The van der Waals surface area contributed by atoms with Gasteiger partial charge in [-0.3, -0.25) is 9.59 Å². The molecular formula is C15H15FN2O3. The highest BCUT2D eigenvalue weighted by molar-refractivity contribution is 5.97. The average Bonchev–Trinajstić information content (AvgIpc) is 2.98. The molecule has 2 N–H and O–H groups in total. The predicted molar refractivity (Wildman–Crippen MR) is 73.9 cm³/mol. The van der Waals surface area contributed by atoms with Gasteiger partial charge in [0.25, 0.3) is 5.91 Å². The summed E-state index contributed by atoms with van der Waals surface area (Å²) < 4.78 is 18.5. The maximum absolute atomic E-state index is 13.5. The molecule has 0 fully saturated rings. The zero-order valence-electron chi connectivity index (χ0n) is 11.4. The number of amides is 2. The van der Waals surface area contributed by atoms with Gasteiger partial charge in [-0.25, -0.2) is 4.39 Å². The Bertz CT molecular complexity index is 626. The van der Waals surface area contributed by atoms with Crippen LogP contribution in [0, 0.1) is 5.82 Å². The van der Waals surface area contributed by atoms with E-state index in [2.05, 4.69) is 10.6 Å². The highest BCUT2D eigenvalue weighted by Crippen LogP contribution is 2.06. The summed E-state index contributed by atoms with van der Waals surface area (Å²) in [4.78, 5) is 23.7. The summed E-state index contributed by atoms with van der Waals surface area (Å²) >= 11 is 0. The first-order chi connectivity index (χ1) is 10.1. The molecule has 0 aliphatic carbocycles. The van der Waals surface area contributed by atoms with E-state index in [4.69, 9.17) is 4.42 Å². The smallest absolute Gasteiger partial charge is 0.254 e. The quantitative estimate of drug-likeness (QED) is 0.883. The van der Waals surface area contributed by atoms with Crippen molar-refractivity contribution in [3.05, 3.63) is 59.8 Å². The topological polar surface area (TPSA) is 71.3 Å². The maximum atomic E-state index is 13.5. The minimum absolute atomic E-state index is 0.0943. The molecule has 5 nitrogen and oxygen atoms in total. The SMILES string of the molecule is C[C@H](NC(=O)c1ccccc1F)C(=O)NCc1ccco1. The van der Waals surface area contributed by atoms with Crippen molar-refractivity contribution < 1.29 is 18.4 Å². The third-order valence-corrected chi connectivity index (χ3v) is 2.88. The summed E-state index contributed by atoms with van der Waals surface area (Å²) in [6.45, 7) is 1.75. The van der Waals surface area contributed by atoms with E-state index in [1.54, 1.807) is 18.2 Å². The van der Waals surface area contributed by atoms with Gasteiger partial charge in [0.1, 0.15) is 17.6 Å². The molecule has 0 aliphatic heterocycles. The van der Waals surface area contributed by atoms with Crippen LogP contribution in [0.2, 0.25) is 0 Å². The molecule has 0 unspecified atom stereocenters. The second-order valence-electron chi connectivity index (χ2n) is 4.47. The van der Waals surface area contributed by atoms with Gasteiger partial charge in [0.2, 0.25) is 5.91 Å². The molecule has 1 aromatic carbocycles. The Morgan fingerprint density at radius 1 is 1.24 bits per heavy atom. The summed E-state index contributed by atoms with van der Waals surface area (Å²) in [6.07, 6.45) is 1.50. The van der Waals surface area contributed by atoms with Crippen LogP contribution in [0.5, 0.6) is 0 Å². The number of halogens is 1. The largest absolute Gasteiger partial charge is 0.467 e. The number of rotatable bonds is 5. The Morgan fingerprint density at radius 3 is 2.67 bits per heavy atom. The molecule has 0 saturated carbocycles. The minimum atomic E-state index is -0.785. The number of nitrogens with one attached hydrogen (secondary N) is 2. The van der Waals surface area contributed by atoms with Crippen LogP contribution in [0.1, 0.15) is 23.0 Å². The number of hydrogen-bond donors (Lipinski definition) is 2. The molecule has 2 rings (SSSR count). The molecule has 0 radical (unpaired) electrons. The first-order valence-electron chi connectivity index (χ1n) is 6.43. The molecule has 1 aromatic heterocycles. The van der Waals surface area contributed by atoms with Gasteiger partial charge >= 0.3 is 0 Å². The van der Waals surface area contributed by atoms with Gasteiger partial charge in [-0.05, 0) is 31.2 Å². The lowest BCUT2D eigenvalue weighted by molar-refractivity contribution is -0.122. The van der Waals surface area contributed by atoms with E-state index >= 15 is 0 Å². The van der Waals surface area contributed by atoms with Crippen molar-refractivity contribution in [1.82, 2.24) is 10.6 Å². The van der Waals surface area contributed by atoms with Gasteiger partial charge in [-0.1, -0.05) is 12.1 Å². The van der Waals surface area contributed by atoms with Crippen LogP contribution in [-0.4, -0.2) is 17.9 Å². The Morgan fingerprint density at radius 2 is 2.00 bits per heavy atom. The Kier molecular flexibility index (Phi) is 4.71. The third-order valence-electron chi connectivity index (χ3n) is 2.88. The van der Waals surface area contributed by atoms with Crippen LogP contribution in [0.15, 0.2) is 47.1 Å². The summed E-state index contributed by atoms with van der Waals surface area (Å²) in [5.41, 5.74) is -0.0943. The molecule has 0 aliphatic rings. The number of carbonyl (C=O) groups is 2. The second kappa shape index (κ2) is 6.69. The molecule has 0 bridgehead atoms. The molecule has 2 amide bonds. The number of hydrogen-bond acceptors (Lipinski definition) is 3. The fraction of sp³-hybridized carbons (Fsp3) is 0.200. The number of furan rings is 1. The van der Waals surface area contributed by atoms with Gasteiger partial charge in [0.05, 0.1) is 18.4 Å². The predicted octanol–water partition coefficient (Wildman–Crippen LogP) is 1.85. The zero-order valence-corrected chi connectivity index (χ0v) is 11.4. The average molecular weight is 290 g/mol. The van der Waals surface area contributed by atoms with E-state index in [0.29, 0.717) is 5.76 Å². The van der Waals surface area contributed by atoms with Crippen LogP contribution >= 0.6 is 0 Å². The van der Waals surface area contributed by atoms with E-state index in [1.165, 1.54) is 31.4 Å². The van der Waals surface area contributed by atoms with Gasteiger partial charge in [-0.2, -0.15) is 0 Å². The zero-order chi connectivity index (χ0) is 15.2. The summed E-state index contributed by atoms with van der Waals surface area (Å²) in [7, 11) is 0. The maximum Gasteiger partial charge on any atom is 0.254 e. The van der Waals surface area contributed by atoms with Crippen molar-refractivity contribution >= 4 is 11.8 Å². The van der Waals surface area contributed by atoms with Crippen molar-refractivity contribution in [2.75, 3.05) is 0 Å². The highest BCUT2D eigenvalue weighted by Gasteiger charge is 2.18. The fourth-order valence-corrected chi connectivity index (χ4v) is 1.73. The molecule has 0 saturated heterocycles. The molecule has 110 valence electrons. The molecule has 1 atom stereocenters. The lowest BCUT2D eigenvalue weighted by Crippen LogP contribution is -2.44. The van der Waals surface area contributed by atoms with Gasteiger partial charge in [0, 0.05) is 0 Å². The molecule has 2 aromatic rings. The summed E-state index contributed by atoms with van der Waals surface area (Å²) in [5, 5.41) is 5.06. The monoisotopic (exact) mass is 290 g/mol. The summed E-state index contributed by atoms with van der Waals surface area (Å²) in [6, 6.07) is 8.25. The van der Waals surface area contributed by atoms with Crippen LogP contribution < -0.4 is 10.6 Å². The Labute approximate surface area is 121 Å². The van der Waals surface area contributed by atoms with Gasteiger partial charge < -0.3 is 15.1 Å². The third kappa shape index (κ3) is 3.92. The summed E-state index contributed by atoms with van der Waals surface area (Å²) in [5.74, 6) is -1.03. The first kappa shape index (κ1) is 14.8. The van der Waals surface area contributed by atoms with E-state index in [1.807, 2.05) is 0 Å². The van der Waals surface area contributed by atoms with Crippen LogP contribution in [0.25, 0.3) is 0 Å². The van der Waals surface area contributed by atoms with E-state index < -0.39 is 17.8 Å². The number of benzene rings is 1.